The summed E-state index contributed by atoms with van der Waals surface area (Å²) in [7, 11) is 0. The first-order valence-corrected chi connectivity index (χ1v) is 6.77. The van der Waals surface area contributed by atoms with Crippen LogP contribution in [0, 0.1) is 0 Å². The number of benzene rings is 2. The maximum atomic E-state index is 11.6. The predicted molar refractivity (Wildman–Crippen MR) is 84.3 cm³/mol. The summed E-state index contributed by atoms with van der Waals surface area (Å²) in [6.45, 7) is 0. The van der Waals surface area contributed by atoms with E-state index in [1.165, 1.54) is 0 Å². The lowest BCUT2D eigenvalue weighted by Crippen LogP contribution is -1.99. The van der Waals surface area contributed by atoms with E-state index in [1.54, 1.807) is 24.3 Å². The molecule has 3 rings (SSSR count). The van der Waals surface area contributed by atoms with Gasteiger partial charge in [0.15, 0.2) is 5.76 Å². The van der Waals surface area contributed by atoms with Crippen molar-refractivity contribution in [3.8, 4) is 11.3 Å². The first-order valence-electron chi connectivity index (χ1n) is 6.77. The predicted octanol–water partition coefficient (Wildman–Crippen LogP) is 4.21. The Hall–Kier alpha value is -3.14. The summed E-state index contributed by atoms with van der Waals surface area (Å²) >= 11 is 0. The maximum absolute atomic E-state index is 11.6. The second kappa shape index (κ2) is 6.10. The lowest BCUT2D eigenvalue weighted by molar-refractivity contribution is 0.0696. The number of carboxylic acids is 1. The van der Waals surface area contributed by atoms with Crippen molar-refractivity contribution in [2.75, 3.05) is 0 Å². The minimum atomic E-state index is -1.06. The Bertz CT molecular complexity index is 805. The van der Waals surface area contributed by atoms with Crippen molar-refractivity contribution in [1.29, 1.82) is 0 Å². The van der Waals surface area contributed by atoms with Crippen LogP contribution >= 0.6 is 0 Å². The van der Waals surface area contributed by atoms with Crippen molar-refractivity contribution in [1.82, 2.24) is 5.16 Å². The summed E-state index contributed by atoms with van der Waals surface area (Å²) < 4.78 is 5.22. The Labute approximate surface area is 127 Å². The van der Waals surface area contributed by atoms with Gasteiger partial charge in [0, 0.05) is 5.56 Å². The largest absolute Gasteiger partial charge is 0.477 e. The normalized spacial score (nSPS) is 10.9. The minimum Gasteiger partial charge on any atom is -0.477 e. The van der Waals surface area contributed by atoms with Gasteiger partial charge in [-0.3, -0.25) is 0 Å². The van der Waals surface area contributed by atoms with Crippen LogP contribution in [0.2, 0.25) is 0 Å². The van der Waals surface area contributed by atoms with Crippen molar-refractivity contribution in [2.24, 2.45) is 0 Å². The molecule has 0 radical (unpaired) electrons. The quantitative estimate of drug-likeness (QED) is 0.782. The van der Waals surface area contributed by atoms with Crippen molar-refractivity contribution in [3.05, 3.63) is 77.6 Å². The molecule has 22 heavy (non-hydrogen) atoms. The molecular weight excluding hydrogens is 278 g/mol. The molecular formula is C18H13NO3. The topological polar surface area (TPSA) is 63.3 Å². The molecule has 4 heteroatoms. The molecule has 108 valence electrons. The third-order valence-corrected chi connectivity index (χ3v) is 3.21. The average Bonchev–Trinajstić information content (AvgIpc) is 2.99. The van der Waals surface area contributed by atoms with Crippen LogP contribution in [0.5, 0.6) is 0 Å². The van der Waals surface area contributed by atoms with Crippen LogP contribution in [0.3, 0.4) is 0 Å². The molecule has 0 saturated heterocycles. The minimum absolute atomic E-state index is 0.0679. The summed E-state index contributed by atoms with van der Waals surface area (Å²) in [5, 5.41) is 13.4. The number of carbonyl (C=O) groups is 1. The highest BCUT2D eigenvalue weighted by molar-refractivity contribution is 5.98. The Morgan fingerprint density at radius 2 is 1.59 bits per heavy atom. The Morgan fingerprint density at radius 3 is 2.23 bits per heavy atom. The van der Waals surface area contributed by atoms with Gasteiger partial charge in [-0.15, -0.1) is 0 Å². The van der Waals surface area contributed by atoms with Crippen LogP contribution in [0.1, 0.15) is 21.7 Å². The summed E-state index contributed by atoms with van der Waals surface area (Å²) in [5.41, 5.74) is 2.07. The molecule has 4 nitrogen and oxygen atoms in total. The molecule has 0 aliphatic heterocycles. The molecule has 0 saturated carbocycles. The molecule has 3 aromatic rings. The third-order valence-electron chi connectivity index (χ3n) is 3.21. The van der Waals surface area contributed by atoms with E-state index in [9.17, 15) is 9.90 Å². The second-order valence-electron chi connectivity index (χ2n) is 4.69. The molecule has 0 aliphatic carbocycles. The third kappa shape index (κ3) is 2.81. The number of carboxylic acid groups (broad SMARTS) is 1. The molecule has 0 aliphatic rings. The van der Waals surface area contributed by atoms with E-state index in [0.29, 0.717) is 11.3 Å². The molecule has 0 atom stereocenters. The number of hydrogen-bond donors (Lipinski definition) is 1. The number of rotatable bonds is 4. The molecule has 1 aromatic heterocycles. The van der Waals surface area contributed by atoms with Crippen LogP contribution in [0.4, 0.5) is 0 Å². The Balaban J connectivity index is 2.01. The highest BCUT2D eigenvalue weighted by Crippen LogP contribution is 2.26. The lowest BCUT2D eigenvalue weighted by atomic mass is 10.1. The summed E-state index contributed by atoms with van der Waals surface area (Å²) in [4.78, 5) is 11.6. The second-order valence-corrected chi connectivity index (χ2v) is 4.69. The molecule has 0 bridgehead atoms. The standard InChI is InChI=1S/C18H13NO3/c20-18(21)16-15(12-11-13-7-3-1-4-8-13)22-19-17(16)14-9-5-2-6-10-14/h1-12H,(H,20,21). The fourth-order valence-electron chi connectivity index (χ4n) is 2.15. The van der Waals surface area contributed by atoms with Crippen LogP contribution in [0.15, 0.2) is 65.2 Å². The van der Waals surface area contributed by atoms with Gasteiger partial charge in [-0.25, -0.2) is 4.79 Å². The van der Waals surface area contributed by atoms with Gasteiger partial charge in [0.1, 0.15) is 11.3 Å². The van der Waals surface area contributed by atoms with Gasteiger partial charge in [0.05, 0.1) is 0 Å². The van der Waals surface area contributed by atoms with E-state index in [1.807, 2.05) is 48.5 Å². The molecule has 0 fully saturated rings. The van der Waals surface area contributed by atoms with Crippen LogP contribution < -0.4 is 0 Å². The average molecular weight is 291 g/mol. The number of aromatic nitrogens is 1. The molecule has 1 N–H and O–H groups in total. The number of nitrogens with zero attached hydrogens (tertiary/aromatic N) is 1. The van der Waals surface area contributed by atoms with Crippen molar-refractivity contribution >= 4 is 18.1 Å². The highest BCUT2D eigenvalue weighted by atomic mass is 16.5. The first kappa shape index (κ1) is 13.8. The molecule has 2 aromatic carbocycles. The van der Waals surface area contributed by atoms with E-state index < -0.39 is 5.97 Å². The van der Waals surface area contributed by atoms with Crippen LogP contribution in [0.25, 0.3) is 23.4 Å². The summed E-state index contributed by atoms with van der Waals surface area (Å²) in [6.07, 6.45) is 3.42. The Kier molecular flexibility index (Phi) is 3.83. The smallest absolute Gasteiger partial charge is 0.341 e. The van der Waals surface area contributed by atoms with Crippen molar-refractivity contribution < 1.29 is 14.4 Å². The molecule has 1 heterocycles. The zero-order chi connectivity index (χ0) is 15.4. The van der Waals surface area contributed by atoms with Crippen LogP contribution in [-0.4, -0.2) is 16.2 Å². The van der Waals surface area contributed by atoms with Gasteiger partial charge in [-0.2, -0.15) is 0 Å². The summed E-state index contributed by atoms with van der Waals surface area (Å²) in [6, 6.07) is 18.7. The monoisotopic (exact) mass is 291 g/mol. The van der Waals surface area contributed by atoms with E-state index in [2.05, 4.69) is 5.16 Å². The molecule has 0 amide bonds. The van der Waals surface area contributed by atoms with Gasteiger partial charge >= 0.3 is 5.97 Å². The number of aromatic carboxylic acids is 1. The van der Waals surface area contributed by atoms with Gasteiger partial charge in [0.25, 0.3) is 0 Å². The first-order chi connectivity index (χ1) is 10.8. The van der Waals surface area contributed by atoms with Gasteiger partial charge in [-0.05, 0) is 11.6 Å². The van der Waals surface area contributed by atoms with Crippen molar-refractivity contribution in [3.63, 3.8) is 0 Å². The summed E-state index contributed by atoms with van der Waals surface area (Å²) in [5.74, 6) is -0.831. The van der Waals surface area contributed by atoms with Crippen molar-refractivity contribution in [2.45, 2.75) is 0 Å². The van der Waals surface area contributed by atoms with Crippen LogP contribution in [-0.2, 0) is 0 Å². The fourth-order valence-corrected chi connectivity index (χ4v) is 2.15. The highest BCUT2D eigenvalue weighted by Gasteiger charge is 2.21. The Morgan fingerprint density at radius 1 is 0.955 bits per heavy atom. The molecule has 0 spiro atoms. The van der Waals surface area contributed by atoms with Gasteiger partial charge in [0.2, 0.25) is 0 Å². The lowest BCUT2D eigenvalue weighted by Gasteiger charge is -1.97. The zero-order valence-corrected chi connectivity index (χ0v) is 11.6. The van der Waals surface area contributed by atoms with Gasteiger partial charge < -0.3 is 9.63 Å². The number of hydrogen-bond acceptors (Lipinski definition) is 3. The zero-order valence-electron chi connectivity index (χ0n) is 11.6. The fraction of sp³-hybridized carbons (Fsp3) is 0. The SMILES string of the molecule is O=C(O)c1c(-c2ccccc2)noc1C=Cc1ccccc1. The molecule has 0 unspecified atom stereocenters. The van der Waals surface area contributed by atoms with E-state index in [-0.39, 0.29) is 11.3 Å². The van der Waals surface area contributed by atoms with E-state index >= 15 is 0 Å². The van der Waals surface area contributed by atoms with Gasteiger partial charge in [-0.1, -0.05) is 71.9 Å². The van der Waals surface area contributed by atoms with E-state index in [4.69, 9.17) is 4.52 Å². The van der Waals surface area contributed by atoms with E-state index in [0.717, 1.165) is 5.56 Å². The maximum Gasteiger partial charge on any atom is 0.341 e.